The minimum Gasteiger partial charge on any atom is -0.469 e. The lowest BCUT2D eigenvalue weighted by molar-refractivity contribution is 0.160. The van der Waals surface area contributed by atoms with Gasteiger partial charge in [0.2, 0.25) is 0 Å². The average molecular weight is 290 g/mol. The summed E-state index contributed by atoms with van der Waals surface area (Å²) in [4.78, 5) is 7.03. The van der Waals surface area contributed by atoms with E-state index in [0.717, 1.165) is 56.2 Å². The van der Waals surface area contributed by atoms with E-state index in [2.05, 4.69) is 34.2 Å². The topological polar surface area (TPSA) is 67.3 Å². The second-order valence-corrected chi connectivity index (χ2v) is 5.28. The summed E-state index contributed by atoms with van der Waals surface area (Å²) in [5.74, 6) is 2.22. The summed E-state index contributed by atoms with van der Waals surface area (Å²) >= 11 is 0. The first kappa shape index (κ1) is 14.3. The quantitative estimate of drug-likeness (QED) is 0.911. The number of nitrogens with one attached hydrogen (secondary N) is 1. The predicted octanol–water partition coefficient (Wildman–Crippen LogP) is 2.25. The molecule has 1 aliphatic heterocycles. The van der Waals surface area contributed by atoms with Crippen molar-refractivity contribution in [2.45, 2.75) is 32.7 Å². The van der Waals surface area contributed by atoms with Crippen LogP contribution < -0.4 is 5.32 Å². The van der Waals surface area contributed by atoms with Gasteiger partial charge in [-0.1, -0.05) is 19.0 Å². The summed E-state index contributed by atoms with van der Waals surface area (Å²) in [5, 5.41) is 7.57. The highest BCUT2D eigenvalue weighted by Crippen LogP contribution is 2.27. The molecule has 1 unspecified atom stereocenters. The van der Waals surface area contributed by atoms with E-state index in [0.29, 0.717) is 5.89 Å². The Bertz CT molecular complexity index is 572. The van der Waals surface area contributed by atoms with Gasteiger partial charge in [-0.2, -0.15) is 4.98 Å². The van der Waals surface area contributed by atoms with E-state index < -0.39 is 0 Å². The summed E-state index contributed by atoms with van der Waals surface area (Å²) in [6.45, 7) is 8.29. The Kier molecular flexibility index (Phi) is 4.36. The van der Waals surface area contributed by atoms with Crippen LogP contribution in [0.5, 0.6) is 0 Å². The van der Waals surface area contributed by atoms with Crippen LogP contribution in [0.1, 0.15) is 37.9 Å². The van der Waals surface area contributed by atoms with Gasteiger partial charge in [-0.3, -0.25) is 4.90 Å². The molecule has 0 spiro atoms. The maximum Gasteiger partial charge on any atom is 0.261 e. The van der Waals surface area contributed by atoms with Crippen LogP contribution in [-0.4, -0.2) is 41.2 Å². The molecule has 6 heteroatoms. The van der Waals surface area contributed by atoms with Gasteiger partial charge in [0.05, 0.1) is 17.9 Å². The van der Waals surface area contributed by atoms with Crippen molar-refractivity contribution in [2.75, 3.05) is 26.2 Å². The molecule has 2 aromatic heterocycles. The Hall–Kier alpha value is -1.66. The first-order chi connectivity index (χ1) is 10.3. The molecule has 0 aromatic carbocycles. The van der Waals surface area contributed by atoms with Crippen LogP contribution in [0.3, 0.4) is 0 Å². The van der Waals surface area contributed by atoms with Crippen molar-refractivity contribution in [3.8, 4) is 11.5 Å². The standard InChI is InChI=1S/C15H22N4O2/c1-3-12(19-8-6-16-7-9-19)14-17-15(21-18-14)11-5-10-20-13(11)4-2/h5,10,12,16H,3-4,6-9H2,1-2H3. The number of piperazine rings is 1. The maximum atomic E-state index is 5.46. The third-order valence-corrected chi connectivity index (χ3v) is 4.02. The molecule has 1 saturated heterocycles. The molecule has 0 aliphatic carbocycles. The molecule has 1 fully saturated rings. The van der Waals surface area contributed by atoms with Gasteiger partial charge in [0, 0.05) is 32.6 Å². The third kappa shape index (κ3) is 2.87. The van der Waals surface area contributed by atoms with E-state index in [1.807, 2.05) is 6.07 Å². The summed E-state index contributed by atoms with van der Waals surface area (Å²) in [7, 11) is 0. The second kappa shape index (κ2) is 6.41. The van der Waals surface area contributed by atoms with Crippen LogP contribution in [0.15, 0.2) is 21.3 Å². The fourth-order valence-corrected chi connectivity index (χ4v) is 2.88. The normalized spacial score (nSPS) is 18.0. The summed E-state index contributed by atoms with van der Waals surface area (Å²) in [5.41, 5.74) is 0.909. The monoisotopic (exact) mass is 290 g/mol. The first-order valence-electron chi connectivity index (χ1n) is 7.68. The molecule has 1 N–H and O–H groups in total. The van der Waals surface area contributed by atoms with E-state index in [4.69, 9.17) is 8.94 Å². The Morgan fingerprint density at radius 2 is 2.14 bits per heavy atom. The Morgan fingerprint density at radius 1 is 1.33 bits per heavy atom. The minimum absolute atomic E-state index is 0.224. The highest BCUT2D eigenvalue weighted by Gasteiger charge is 2.26. The lowest BCUT2D eigenvalue weighted by atomic mass is 10.1. The van der Waals surface area contributed by atoms with Gasteiger partial charge in [-0.05, 0) is 12.5 Å². The Labute approximate surface area is 124 Å². The van der Waals surface area contributed by atoms with Gasteiger partial charge in [-0.25, -0.2) is 0 Å². The lowest BCUT2D eigenvalue weighted by Gasteiger charge is -2.32. The molecule has 1 atom stereocenters. The molecule has 0 bridgehead atoms. The number of furan rings is 1. The second-order valence-electron chi connectivity index (χ2n) is 5.28. The maximum absolute atomic E-state index is 5.46. The van der Waals surface area contributed by atoms with Crippen LogP contribution in [0, 0.1) is 0 Å². The number of hydrogen-bond acceptors (Lipinski definition) is 6. The zero-order valence-corrected chi connectivity index (χ0v) is 12.6. The van der Waals surface area contributed by atoms with Gasteiger partial charge < -0.3 is 14.3 Å². The molecular weight excluding hydrogens is 268 g/mol. The average Bonchev–Trinajstić information content (AvgIpc) is 3.17. The molecule has 1 aliphatic rings. The third-order valence-electron chi connectivity index (χ3n) is 4.02. The Balaban J connectivity index is 1.82. The smallest absolute Gasteiger partial charge is 0.261 e. The zero-order chi connectivity index (χ0) is 14.7. The molecule has 6 nitrogen and oxygen atoms in total. The van der Waals surface area contributed by atoms with Crippen LogP contribution in [0.25, 0.3) is 11.5 Å². The molecule has 0 saturated carbocycles. The first-order valence-corrected chi connectivity index (χ1v) is 7.68. The minimum atomic E-state index is 0.224. The zero-order valence-electron chi connectivity index (χ0n) is 12.6. The van der Waals surface area contributed by atoms with E-state index >= 15 is 0 Å². The molecule has 3 rings (SSSR count). The summed E-state index contributed by atoms with van der Waals surface area (Å²) in [6, 6.07) is 2.11. The fraction of sp³-hybridized carbons (Fsp3) is 0.600. The van der Waals surface area contributed by atoms with Gasteiger partial charge >= 0.3 is 0 Å². The Morgan fingerprint density at radius 3 is 2.86 bits per heavy atom. The van der Waals surface area contributed by atoms with Crippen LogP contribution >= 0.6 is 0 Å². The molecule has 3 heterocycles. The molecule has 114 valence electrons. The van der Waals surface area contributed by atoms with Gasteiger partial charge in [0.1, 0.15) is 5.76 Å². The van der Waals surface area contributed by atoms with Crippen molar-refractivity contribution in [2.24, 2.45) is 0 Å². The highest BCUT2D eigenvalue weighted by atomic mass is 16.5. The number of rotatable bonds is 5. The van der Waals surface area contributed by atoms with Crippen molar-refractivity contribution in [3.63, 3.8) is 0 Å². The molecule has 0 amide bonds. The summed E-state index contributed by atoms with van der Waals surface area (Å²) in [6.07, 6.45) is 3.46. The molecule has 2 aromatic rings. The van der Waals surface area contributed by atoms with Crippen LogP contribution in [0.4, 0.5) is 0 Å². The van der Waals surface area contributed by atoms with Gasteiger partial charge in [-0.15, -0.1) is 0 Å². The van der Waals surface area contributed by atoms with Gasteiger partial charge in [0.25, 0.3) is 5.89 Å². The summed E-state index contributed by atoms with van der Waals surface area (Å²) < 4.78 is 10.9. The van der Waals surface area contributed by atoms with E-state index in [-0.39, 0.29) is 6.04 Å². The fourth-order valence-electron chi connectivity index (χ4n) is 2.88. The largest absolute Gasteiger partial charge is 0.469 e. The van der Waals surface area contributed by atoms with Gasteiger partial charge in [0.15, 0.2) is 5.82 Å². The predicted molar refractivity (Wildman–Crippen MR) is 78.9 cm³/mol. The van der Waals surface area contributed by atoms with Crippen molar-refractivity contribution in [3.05, 3.63) is 23.9 Å². The van der Waals surface area contributed by atoms with Crippen molar-refractivity contribution < 1.29 is 8.94 Å². The SMILES string of the molecule is CCc1occc1-c1nc(C(CC)N2CCNCC2)no1. The van der Waals surface area contributed by atoms with Crippen LogP contribution in [-0.2, 0) is 6.42 Å². The molecular formula is C15H22N4O2. The number of aromatic nitrogens is 2. The van der Waals surface area contributed by atoms with E-state index in [1.54, 1.807) is 6.26 Å². The van der Waals surface area contributed by atoms with E-state index in [9.17, 15) is 0 Å². The van der Waals surface area contributed by atoms with Crippen molar-refractivity contribution in [1.29, 1.82) is 0 Å². The van der Waals surface area contributed by atoms with Crippen molar-refractivity contribution in [1.82, 2.24) is 20.4 Å². The molecule has 0 radical (unpaired) electrons. The number of hydrogen-bond donors (Lipinski definition) is 1. The van der Waals surface area contributed by atoms with Crippen LogP contribution in [0.2, 0.25) is 0 Å². The van der Waals surface area contributed by atoms with Crippen molar-refractivity contribution >= 4 is 0 Å². The molecule has 21 heavy (non-hydrogen) atoms. The number of nitrogens with zero attached hydrogens (tertiary/aromatic N) is 3. The highest BCUT2D eigenvalue weighted by molar-refractivity contribution is 5.55. The van der Waals surface area contributed by atoms with E-state index in [1.165, 1.54) is 0 Å². The lowest BCUT2D eigenvalue weighted by Crippen LogP contribution is -2.45. The number of aryl methyl sites for hydroxylation is 1.